The normalized spacial score (nSPS) is 14.1. The number of aryl methyl sites for hydroxylation is 1. The lowest BCUT2D eigenvalue weighted by atomic mass is 10.1. The summed E-state index contributed by atoms with van der Waals surface area (Å²) in [4.78, 5) is 23.3. The monoisotopic (exact) mass is 230 g/mol. The molecule has 1 aromatic carbocycles. The number of ether oxygens (including phenoxy) is 1. The molecule has 0 radical (unpaired) electrons. The number of rotatable bonds is 0. The summed E-state index contributed by atoms with van der Waals surface area (Å²) in [7, 11) is 1.67. The van der Waals surface area contributed by atoms with Gasteiger partial charge in [-0.2, -0.15) is 0 Å². The van der Waals surface area contributed by atoms with Crippen LogP contribution in [0.15, 0.2) is 29.1 Å². The van der Waals surface area contributed by atoms with Crippen LogP contribution < -0.4 is 15.6 Å². The van der Waals surface area contributed by atoms with Gasteiger partial charge in [-0.15, -0.1) is 0 Å². The molecule has 1 amide bonds. The van der Waals surface area contributed by atoms with Gasteiger partial charge in [-0.25, -0.2) is 0 Å². The van der Waals surface area contributed by atoms with Crippen molar-refractivity contribution in [2.24, 2.45) is 7.05 Å². The van der Waals surface area contributed by atoms with E-state index >= 15 is 0 Å². The average Bonchev–Trinajstić information content (AvgIpc) is 2.36. The molecule has 1 N–H and O–H groups in total. The molecule has 0 bridgehead atoms. The molecule has 0 spiro atoms. The summed E-state index contributed by atoms with van der Waals surface area (Å²) >= 11 is 0. The van der Waals surface area contributed by atoms with E-state index in [4.69, 9.17) is 4.74 Å². The van der Waals surface area contributed by atoms with E-state index in [0.717, 1.165) is 10.9 Å². The van der Waals surface area contributed by atoms with E-state index in [1.54, 1.807) is 7.05 Å². The van der Waals surface area contributed by atoms with Crippen LogP contribution in [-0.4, -0.2) is 17.1 Å². The molecule has 0 saturated carbocycles. The number of nitrogens with zero attached hydrogens (tertiary/aromatic N) is 1. The Balaban J connectivity index is 2.47. The van der Waals surface area contributed by atoms with Crippen molar-refractivity contribution in [1.82, 2.24) is 4.57 Å². The Morgan fingerprint density at radius 1 is 1.29 bits per heavy atom. The van der Waals surface area contributed by atoms with Crippen LogP contribution in [0, 0.1) is 0 Å². The Bertz CT molecular complexity index is 688. The van der Waals surface area contributed by atoms with Gasteiger partial charge in [-0.05, 0) is 12.1 Å². The summed E-state index contributed by atoms with van der Waals surface area (Å²) in [6, 6.07) is 7.43. The number of fused-ring (bicyclic) bond motifs is 3. The highest BCUT2D eigenvalue weighted by Gasteiger charge is 2.23. The van der Waals surface area contributed by atoms with E-state index < -0.39 is 0 Å². The van der Waals surface area contributed by atoms with Crippen LogP contribution in [-0.2, 0) is 11.8 Å². The topological polar surface area (TPSA) is 60.3 Å². The maximum atomic E-state index is 12.0. The van der Waals surface area contributed by atoms with Gasteiger partial charge in [0.1, 0.15) is 0 Å². The van der Waals surface area contributed by atoms with Crippen molar-refractivity contribution in [2.45, 2.75) is 0 Å². The van der Waals surface area contributed by atoms with Crippen molar-refractivity contribution < 1.29 is 9.53 Å². The molecule has 0 atom stereocenters. The highest BCUT2D eigenvalue weighted by Crippen LogP contribution is 2.32. The fourth-order valence-corrected chi connectivity index (χ4v) is 2.04. The van der Waals surface area contributed by atoms with Gasteiger partial charge < -0.3 is 14.6 Å². The van der Waals surface area contributed by atoms with Gasteiger partial charge in [-0.3, -0.25) is 9.59 Å². The second kappa shape index (κ2) is 3.35. The van der Waals surface area contributed by atoms with Crippen molar-refractivity contribution >= 4 is 22.5 Å². The molecule has 17 heavy (non-hydrogen) atoms. The first-order valence-corrected chi connectivity index (χ1v) is 5.23. The molecule has 1 aromatic heterocycles. The van der Waals surface area contributed by atoms with E-state index in [2.05, 4.69) is 5.32 Å². The van der Waals surface area contributed by atoms with Crippen LogP contribution in [0.25, 0.3) is 10.9 Å². The minimum Gasteiger partial charge on any atom is -0.481 e. The largest absolute Gasteiger partial charge is 0.481 e. The third-order valence-corrected chi connectivity index (χ3v) is 2.87. The molecular weight excluding hydrogens is 220 g/mol. The molecule has 0 aliphatic carbocycles. The number of nitrogens with one attached hydrogen (secondary N) is 1. The predicted octanol–water partition coefficient (Wildman–Crippen LogP) is 0.869. The molecule has 3 rings (SSSR count). The molecule has 2 heterocycles. The molecule has 0 saturated heterocycles. The fourth-order valence-electron chi connectivity index (χ4n) is 2.04. The molecule has 86 valence electrons. The SMILES string of the molecule is Cn1c(=O)c2c(c3ccccc31)OCC(=O)N2. The minimum absolute atomic E-state index is 0.0514. The van der Waals surface area contributed by atoms with Gasteiger partial charge in [-0.1, -0.05) is 12.1 Å². The lowest BCUT2D eigenvalue weighted by Gasteiger charge is -2.20. The highest BCUT2D eigenvalue weighted by molar-refractivity contribution is 6.00. The summed E-state index contributed by atoms with van der Waals surface area (Å²) in [5, 5.41) is 3.39. The first kappa shape index (κ1) is 9.89. The number of para-hydroxylation sites is 1. The summed E-state index contributed by atoms with van der Waals surface area (Å²) in [5.41, 5.74) is 0.751. The standard InChI is InChI=1S/C12H10N2O3/c1-14-8-5-3-2-4-7(8)11-10(12(14)16)13-9(15)6-17-11/h2-5H,6H2,1H3,(H,13,15). The predicted molar refractivity (Wildman–Crippen MR) is 63.3 cm³/mol. The van der Waals surface area contributed by atoms with Crippen LogP contribution in [0.5, 0.6) is 5.75 Å². The number of carbonyl (C=O) groups excluding carboxylic acids is 1. The average molecular weight is 230 g/mol. The van der Waals surface area contributed by atoms with Crippen molar-refractivity contribution in [3.63, 3.8) is 0 Å². The molecule has 0 unspecified atom stereocenters. The zero-order valence-electron chi connectivity index (χ0n) is 9.19. The molecular formula is C12H10N2O3. The number of benzene rings is 1. The Morgan fingerprint density at radius 2 is 2.06 bits per heavy atom. The van der Waals surface area contributed by atoms with Crippen LogP contribution in [0.4, 0.5) is 5.69 Å². The van der Waals surface area contributed by atoms with E-state index in [9.17, 15) is 9.59 Å². The van der Waals surface area contributed by atoms with Crippen molar-refractivity contribution in [3.8, 4) is 5.75 Å². The van der Waals surface area contributed by atoms with E-state index in [0.29, 0.717) is 5.75 Å². The van der Waals surface area contributed by atoms with Crippen LogP contribution in [0.3, 0.4) is 0 Å². The maximum absolute atomic E-state index is 12.0. The van der Waals surface area contributed by atoms with Gasteiger partial charge in [0.05, 0.1) is 5.52 Å². The lowest BCUT2D eigenvalue weighted by molar-refractivity contribution is -0.118. The lowest BCUT2D eigenvalue weighted by Crippen LogP contribution is -2.32. The number of amides is 1. The molecule has 5 heteroatoms. The molecule has 0 fully saturated rings. The smallest absolute Gasteiger partial charge is 0.278 e. The third-order valence-electron chi connectivity index (χ3n) is 2.87. The number of hydrogen-bond acceptors (Lipinski definition) is 3. The van der Waals surface area contributed by atoms with Gasteiger partial charge in [0.15, 0.2) is 18.0 Å². The first-order chi connectivity index (χ1) is 8.18. The Hall–Kier alpha value is -2.30. The summed E-state index contributed by atoms with van der Waals surface area (Å²) in [6.45, 7) is -0.0514. The van der Waals surface area contributed by atoms with E-state index in [1.165, 1.54) is 4.57 Å². The van der Waals surface area contributed by atoms with Gasteiger partial charge in [0.25, 0.3) is 11.5 Å². The summed E-state index contributed by atoms with van der Waals surface area (Å²) in [5.74, 6) is 0.160. The van der Waals surface area contributed by atoms with Crippen LogP contribution in [0.2, 0.25) is 0 Å². The molecule has 1 aliphatic heterocycles. The van der Waals surface area contributed by atoms with Gasteiger partial charge in [0.2, 0.25) is 0 Å². The zero-order chi connectivity index (χ0) is 12.0. The number of anilines is 1. The number of aromatic nitrogens is 1. The summed E-state index contributed by atoms with van der Waals surface area (Å²) in [6.07, 6.45) is 0. The second-order valence-corrected chi connectivity index (χ2v) is 3.92. The van der Waals surface area contributed by atoms with Gasteiger partial charge >= 0.3 is 0 Å². The molecule has 1 aliphatic rings. The highest BCUT2D eigenvalue weighted by atomic mass is 16.5. The first-order valence-electron chi connectivity index (χ1n) is 5.23. The quantitative estimate of drug-likeness (QED) is 0.730. The Labute approximate surface area is 96.6 Å². The van der Waals surface area contributed by atoms with Crippen molar-refractivity contribution in [3.05, 3.63) is 34.6 Å². The van der Waals surface area contributed by atoms with Crippen LogP contribution >= 0.6 is 0 Å². The van der Waals surface area contributed by atoms with Crippen LogP contribution in [0.1, 0.15) is 0 Å². The third kappa shape index (κ3) is 1.32. The van der Waals surface area contributed by atoms with Gasteiger partial charge in [0, 0.05) is 12.4 Å². The zero-order valence-corrected chi connectivity index (χ0v) is 9.19. The van der Waals surface area contributed by atoms with Crippen molar-refractivity contribution in [1.29, 1.82) is 0 Å². The van der Waals surface area contributed by atoms with E-state index in [-0.39, 0.29) is 23.8 Å². The number of pyridine rings is 1. The fraction of sp³-hybridized carbons (Fsp3) is 0.167. The number of hydrogen-bond donors (Lipinski definition) is 1. The second-order valence-electron chi connectivity index (χ2n) is 3.92. The molecule has 5 nitrogen and oxygen atoms in total. The van der Waals surface area contributed by atoms with Crippen molar-refractivity contribution in [2.75, 3.05) is 11.9 Å². The summed E-state index contributed by atoms with van der Waals surface area (Å²) < 4.78 is 6.86. The van der Waals surface area contributed by atoms with E-state index in [1.807, 2.05) is 24.3 Å². The minimum atomic E-state index is -0.301. The molecule has 2 aromatic rings. The number of carbonyl (C=O) groups is 1. The maximum Gasteiger partial charge on any atom is 0.278 e. The Morgan fingerprint density at radius 3 is 2.88 bits per heavy atom. The Kier molecular flexibility index (Phi) is 1.95.